The van der Waals surface area contributed by atoms with E-state index in [0.29, 0.717) is 11.7 Å². The van der Waals surface area contributed by atoms with Crippen LogP contribution >= 0.6 is 11.3 Å². The molecule has 0 saturated heterocycles. The van der Waals surface area contributed by atoms with Crippen molar-refractivity contribution in [3.8, 4) is 16.2 Å². The van der Waals surface area contributed by atoms with Crippen molar-refractivity contribution in [3.63, 3.8) is 0 Å². The summed E-state index contributed by atoms with van der Waals surface area (Å²) < 4.78 is 10.9. The number of H-pyrrole nitrogens is 1. The van der Waals surface area contributed by atoms with E-state index in [1.807, 2.05) is 63.2 Å². The van der Waals surface area contributed by atoms with Crippen LogP contribution in [-0.4, -0.2) is 34.0 Å². The number of benzene rings is 2. The van der Waals surface area contributed by atoms with E-state index < -0.39 is 11.7 Å². The molecule has 0 bridgehead atoms. The van der Waals surface area contributed by atoms with Gasteiger partial charge in [0.15, 0.2) is 5.13 Å². The Bertz CT molecular complexity index is 1190. The van der Waals surface area contributed by atoms with Gasteiger partial charge in [0, 0.05) is 17.1 Å². The summed E-state index contributed by atoms with van der Waals surface area (Å²) in [6, 6.07) is 13.6. The summed E-state index contributed by atoms with van der Waals surface area (Å²) in [6.07, 6.45) is 3.13. The lowest BCUT2D eigenvalue weighted by Gasteiger charge is -2.26. The van der Waals surface area contributed by atoms with E-state index in [-0.39, 0.29) is 0 Å². The van der Waals surface area contributed by atoms with Crippen molar-refractivity contribution in [1.29, 1.82) is 0 Å². The zero-order valence-electron chi connectivity index (χ0n) is 17.9. The molecule has 0 atom stereocenters. The number of nitrogens with one attached hydrogen (secondary N) is 1. The molecule has 0 aliphatic heterocycles. The molecular formula is C23H24N4O3S. The Labute approximate surface area is 184 Å². The number of fused-ring (bicyclic) bond motifs is 1. The molecule has 160 valence electrons. The summed E-state index contributed by atoms with van der Waals surface area (Å²) in [7, 11) is 1.62. The first kappa shape index (κ1) is 20.9. The number of nitrogens with zero attached hydrogens (tertiary/aromatic N) is 3. The average Bonchev–Trinajstić information content (AvgIpc) is 3.40. The molecule has 1 amide bonds. The van der Waals surface area contributed by atoms with Crippen LogP contribution in [0, 0.1) is 0 Å². The number of carbonyl (C=O) groups excluding carboxylic acids is 1. The van der Waals surface area contributed by atoms with Gasteiger partial charge in [-0.2, -0.15) is 5.10 Å². The lowest BCUT2D eigenvalue weighted by molar-refractivity contribution is 0.0577. The first-order chi connectivity index (χ1) is 14.8. The second-order valence-electron chi connectivity index (χ2n) is 8.06. The van der Waals surface area contributed by atoms with Gasteiger partial charge in [-0.25, -0.2) is 14.7 Å². The van der Waals surface area contributed by atoms with E-state index >= 15 is 0 Å². The summed E-state index contributed by atoms with van der Waals surface area (Å²) in [5, 5.41) is 8.76. The molecule has 0 saturated carbocycles. The number of carbonyl (C=O) groups is 1. The van der Waals surface area contributed by atoms with Gasteiger partial charge in [-0.3, -0.25) is 5.10 Å². The molecule has 0 radical (unpaired) electrons. The van der Waals surface area contributed by atoms with Crippen LogP contribution < -0.4 is 9.64 Å². The molecule has 0 aliphatic carbocycles. The molecule has 8 heteroatoms. The van der Waals surface area contributed by atoms with E-state index in [4.69, 9.17) is 9.47 Å². The number of thiazole rings is 1. The number of para-hydroxylation sites is 1. The second kappa shape index (κ2) is 8.39. The number of anilines is 1. The zero-order valence-corrected chi connectivity index (χ0v) is 18.7. The highest BCUT2D eigenvalue weighted by molar-refractivity contribution is 7.19. The number of amides is 1. The second-order valence-corrected chi connectivity index (χ2v) is 9.07. The topological polar surface area (TPSA) is 80.3 Å². The van der Waals surface area contributed by atoms with Crippen molar-refractivity contribution < 1.29 is 14.3 Å². The SMILES string of the molecule is COc1ccc(CN(C(=O)OC(C)(C)C)c2ncc(-c3cccc4cn[nH]c34)s2)cc1. The van der Waals surface area contributed by atoms with Gasteiger partial charge in [0.05, 0.1) is 30.2 Å². The maximum atomic E-state index is 13.0. The molecule has 2 aromatic carbocycles. The molecule has 2 aromatic heterocycles. The van der Waals surface area contributed by atoms with Crippen molar-refractivity contribution >= 4 is 33.5 Å². The largest absolute Gasteiger partial charge is 0.497 e. The molecule has 0 spiro atoms. The molecule has 31 heavy (non-hydrogen) atoms. The summed E-state index contributed by atoms with van der Waals surface area (Å²) in [5.74, 6) is 0.761. The third-order valence-electron chi connectivity index (χ3n) is 4.58. The number of ether oxygens (including phenoxy) is 2. The van der Waals surface area contributed by atoms with Crippen LogP contribution in [0.25, 0.3) is 21.3 Å². The fourth-order valence-corrected chi connectivity index (χ4v) is 4.07. The highest BCUT2D eigenvalue weighted by atomic mass is 32.1. The molecule has 0 unspecified atom stereocenters. The number of hydrogen-bond acceptors (Lipinski definition) is 6. The number of aromatic nitrogens is 3. The highest BCUT2D eigenvalue weighted by Gasteiger charge is 2.26. The lowest BCUT2D eigenvalue weighted by Crippen LogP contribution is -2.36. The van der Waals surface area contributed by atoms with Gasteiger partial charge in [0.25, 0.3) is 0 Å². The number of methoxy groups -OCH3 is 1. The number of aromatic amines is 1. The molecule has 4 aromatic rings. The average molecular weight is 437 g/mol. The first-order valence-electron chi connectivity index (χ1n) is 9.86. The van der Waals surface area contributed by atoms with Gasteiger partial charge in [0.1, 0.15) is 11.4 Å². The molecule has 0 aliphatic rings. The van der Waals surface area contributed by atoms with Crippen molar-refractivity contribution in [2.75, 3.05) is 12.0 Å². The van der Waals surface area contributed by atoms with Gasteiger partial charge in [0.2, 0.25) is 0 Å². The van der Waals surface area contributed by atoms with E-state index in [0.717, 1.165) is 32.7 Å². The minimum atomic E-state index is -0.614. The minimum absolute atomic E-state index is 0.333. The summed E-state index contributed by atoms with van der Waals surface area (Å²) >= 11 is 1.44. The van der Waals surface area contributed by atoms with Crippen molar-refractivity contribution in [1.82, 2.24) is 15.2 Å². The number of rotatable bonds is 5. The number of hydrogen-bond donors (Lipinski definition) is 1. The predicted octanol–water partition coefficient (Wildman–Crippen LogP) is 5.64. The Morgan fingerprint density at radius 3 is 2.61 bits per heavy atom. The van der Waals surface area contributed by atoms with Crippen molar-refractivity contribution in [2.45, 2.75) is 32.9 Å². The van der Waals surface area contributed by atoms with Crippen LogP contribution in [0.15, 0.2) is 54.9 Å². The van der Waals surface area contributed by atoms with E-state index in [9.17, 15) is 4.79 Å². The van der Waals surface area contributed by atoms with Crippen LogP contribution in [0.5, 0.6) is 5.75 Å². The Morgan fingerprint density at radius 2 is 1.90 bits per heavy atom. The van der Waals surface area contributed by atoms with Gasteiger partial charge in [-0.05, 0) is 38.5 Å². The van der Waals surface area contributed by atoms with E-state index in [2.05, 4.69) is 15.2 Å². The standard InChI is InChI=1S/C23H24N4O3S/c1-23(2,3)30-22(28)27(14-15-8-10-17(29-4)11-9-15)21-24-13-19(31-21)18-7-5-6-16-12-25-26-20(16)18/h5-13H,14H2,1-4H3,(H,25,26). The van der Waals surface area contributed by atoms with Crippen molar-refractivity contribution in [3.05, 3.63) is 60.4 Å². The van der Waals surface area contributed by atoms with Crippen molar-refractivity contribution in [2.24, 2.45) is 0 Å². The van der Waals surface area contributed by atoms with Gasteiger partial charge >= 0.3 is 6.09 Å². The normalized spacial score (nSPS) is 11.5. The van der Waals surface area contributed by atoms with Crippen LogP contribution in [0.2, 0.25) is 0 Å². The summed E-state index contributed by atoms with van der Waals surface area (Å²) in [4.78, 5) is 20.1. The van der Waals surface area contributed by atoms with Crippen LogP contribution in [0.3, 0.4) is 0 Å². The lowest BCUT2D eigenvalue weighted by atomic mass is 10.1. The quantitative estimate of drug-likeness (QED) is 0.438. The van der Waals surface area contributed by atoms with Gasteiger partial charge in [-0.15, -0.1) is 0 Å². The van der Waals surface area contributed by atoms with E-state index in [1.54, 1.807) is 24.4 Å². The fourth-order valence-electron chi connectivity index (χ4n) is 3.13. The molecule has 4 rings (SSSR count). The zero-order chi connectivity index (χ0) is 22.0. The third-order valence-corrected chi connectivity index (χ3v) is 5.63. The Morgan fingerprint density at radius 1 is 1.13 bits per heavy atom. The monoisotopic (exact) mass is 436 g/mol. The predicted molar refractivity (Wildman–Crippen MR) is 123 cm³/mol. The highest BCUT2D eigenvalue weighted by Crippen LogP contribution is 2.35. The third kappa shape index (κ3) is 4.69. The summed E-state index contributed by atoms with van der Waals surface area (Å²) in [5.41, 5.74) is 2.26. The maximum absolute atomic E-state index is 13.0. The first-order valence-corrected chi connectivity index (χ1v) is 10.7. The smallest absolute Gasteiger partial charge is 0.416 e. The van der Waals surface area contributed by atoms with E-state index in [1.165, 1.54) is 11.3 Å². The Hall–Kier alpha value is -3.39. The van der Waals surface area contributed by atoms with Crippen LogP contribution in [-0.2, 0) is 11.3 Å². The minimum Gasteiger partial charge on any atom is -0.497 e. The molecule has 0 fully saturated rings. The van der Waals surface area contributed by atoms with Crippen LogP contribution in [0.4, 0.5) is 9.93 Å². The van der Waals surface area contributed by atoms with Gasteiger partial charge < -0.3 is 9.47 Å². The molecule has 7 nitrogen and oxygen atoms in total. The fraction of sp³-hybridized carbons (Fsp3) is 0.261. The molecule has 2 heterocycles. The Balaban J connectivity index is 1.68. The van der Waals surface area contributed by atoms with Gasteiger partial charge in [-0.1, -0.05) is 41.7 Å². The summed E-state index contributed by atoms with van der Waals surface area (Å²) in [6.45, 7) is 5.88. The maximum Gasteiger partial charge on any atom is 0.416 e. The Kier molecular flexibility index (Phi) is 5.65. The molecule has 1 N–H and O–H groups in total. The molecular weight excluding hydrogens is 412 g/mol. The van der Waals surface area contributed by atoms with Crippen LogP contribution in [0.1, 0.15) is 26.3 Å².